The predicted octanol–water partition coefficient (Wildman–Crippen LogP) is 3.95. The van der Waals surface area contributed by atoms with Crippen molar-refractivity contribution >= 4 is 10.0 Å². The van der Waals surface area contributed by atoms with E-state index in [4.69, 9.17) is 4.42 Å². The fourth-order valence-corrected chi connectivity index (χ4v) is 5.28. The number of nitrogens with zero attached hydrogens (tertiary/aromatic N) is 5. The van der Waals surface area contributed by atoms with Gasteiger partial charge in [0.15, 0.2) is 0 Å². The Morgan fingerprint density at radius 3 is 2.43 bits per heavy atom. The number of aromatic nitrogens is 4. The lowest BCUT2D eigenvalue weighted by Crippen LogP contribution is -2.32. The molecule has 0 radical (unpaired) electrons. The van der Waals surface area contributed by atoms with Crippen molar-refractivity contribution in [1.82, 2.24) is 24.3 Å². The lowest BCUT2D eigenvalue weighted by Gasteiger charge is -2.21. The zero-order valence-corrected chi connectivity index (χ0v) is 18.8. The van der Waals surface area contributed by atoms with Crippen LogP contribution in [0.2, 0.25) is 0 Å². The first kappa shape index (κ1) is 22.2. The Bertz CT molecular complexity index is 1070. The van der Waals surface area contributed by atoms with Gasteiger partial charge in [-0.15, -0.1) is 10.2 Å². The molecule has 0 atom stereocenters. The Kier molecular flexibility index (Phi) is 7.04. The van der Waals surface area contributed by atoms with E-state index in [1.165, 1.54) is 4.31 Å². The van der Waals surface area contributed by atoms with Gasteiger partial charge >= 0.3 is 0 Å². The third kappa shape index (κ3) is 4.62. The van der Waals surface area contributed by atoms with Gasteiger partial charge in [-0.1, -0.05) is 38.0 Å². The standard InChI is InChI=1S/C21H29N5O3S/c1-5-7-11-14-25(30(27,28)20-16(3)24-26(6-2)17(20)4)15-19-22-23-21(29-19)18-12-9-8-10-13-18/h8-10,12-13H,5-7,11,14-15H2,1-4H3. The minimum absolute atomic E-state index is 0.0298. The highest BCUT2D eigenvalue weighted by Crippen LogP contribution is 2.26. The van der Waals surface area contributed by atoms with Gasteiger partial charge in [-0.2, -0.15) is 9.40 Å². The molecule has 0 aliphatic heterocycles. The molecule has 1 aromatic carbocycles. The highest BCUT2D eigenvalue weighted by Gasteiger charge is 2.32. The molecule has 0 aliphatic rings. The number of benzene rings is 1. The molecule has 0 bridgehead atoms. The summed E-state index contributed by atoms with van der Waals surface area (Å²) < 4.78 is 36.0. The van der Waals surface area contributed by atoms with Gasteiger partial charge in [0.2, 0.25) is 21.8 Å². The summed E-state index contributed by atoms with van der Waals surface area (Å²) in [6.45, 7) is 8.58. The molecule has 8 nitrogen and oxygen atoms in total. The third-order valence-electron chi connectivity index (χ3n) is 5.02. The Morgan fingerprint density at radius 1 is 1.07 bits per heavy atom. The van der Waals surface area contributed by atoms with Crippen LogP contribution in [0.3, 0.4) is 0 Å². The number of sulfonamides is 1. The molecular weight excluding hydrogens is 402 g/mol. The molecule has 0 spiro atoms. The molecule has 30 heavy (non-hydrogen) atoms. The molecule has 3 aromatic rings. The highest BCUT2D eigenvalue weighted by molar-refractivity contribution is 7.89. The van der Waals surface area contributed by atoms with Crippen LogP contribution in [-0.4, -0.2) is 39.2 Å². The second kappa shape index (κ2) is 9.53. The summed E-state index contributed by atoms with van der Waals surface area (Å²) >= 11 is 0. The maximum atomic E-state index is 13.6. The number of aryl methyl sites for hydroxylation is 2. The van der Waals surface area contributed by atoms with Crippen LogP contribution in [0.1, 0.15) is 50.4 Å². The monoisotopic (exact) mass is 431 g/mol. The molecule has 2 heterocycles. The predicted molar refractivity (Wildman–Crippen MR) is 114 cm³/mol. The topological polar surface area (TPSA) is 94.1 Å². The molecule has 3 rings (SSSR count). The normalized spacial score (nSPS) is 12.0. The quantitative estimate of drug-likeness (QED) is 0.451. The molecular formula is C21H29N5O3S. The van der Waals surface area contributed by atoms with Gasteiger partial charge in [0, 0.05) is 18.7 Å². The van der Waals surface area contributed by atoms with Gasteiger partial charge in [0.25, 0.3) is 0 Å². The number of rotatable bonds is 10. The van der Waals surface area contributed by atoms with E-state index in [1.807, 2.05) is 37.3 Å². The van der Waals surface area contributed by atoms with Crippen LogP contribution >= 0.6 is 0 Å². The molecule has 9 heteroatoms. The lowest BCUT2D eigenvalue weighted by atomic mass is 10.2. The number of unbranched alkanes of at least 4 members (excludes halogenated alkanes) is 2. The maximum absolute atomic E-state index is 13.6. The van der Waals surface area contributed by atoms with Crippen LogP contribution in [0.15, 0.2) is 39.6 Å². The second-order valence-electron chi connectivity index (χ2n) is 7.23. The molecule has 0 fully saturated rings. The van der Waals surface area contributed by atoms with Gasteiger partial charge < -0.3 is 4.42 Å². The van der Waals surface area contributed by atoms with E-state index in [0.29, 0.717) is 30.4 Å². The first-order valence-corrected chi connectivity index (χ1v) is 11.7. The van der Waals surface area contributed by atoms with Gasteiger partial charge in [-0.25, -0.2) is 8.42 Å². The molecule has 0 aliphatic carbocycles. The van der Waals surface area contributed by atoms with Crippen molar-refractivity contribution in [3.8, 4) is 11.5 Å². The molecule has 0 amide bonds. The SMILES string of the molecule is CCCCCN(Cc1nnc(-c2ccccc2)o1)S(=O)(=O)c1c(C)nn(CC)c1C. The lowest BCUT2D eigenvalue weighted by molar-refractivity contribution is 0.350. The van der Waals surface area contributed by atoms with Crippen molar-refractivity contribution in [1.29, 1.82) is 0 Å². The van der Waals surface area contributed by atoms with Crippen LogP contribution in [0, 0.1) is 13.8 Å². The molecule has 0 N–H and O–H groups in total. The Labute approximate surface area is 178 Å². The Hall–Kier alpha value is -2.52. The summed E-state index contributed by atoms with van der Waals surface area (Å²) in [7, 11) is -3.76. The zero-order chi connectivity index (χ0) is 21.7. The number of hydrogen-bond acceptors (Lipinski definition) is 6. The van der Waals surface area contributed by atoms with Crippen LogP contribution in [0.5, 0.6) is 0 Å². The summed E-state index contributed by atoms with van der Waals surface area (Å²) in [6, 6.07) is 9.43. The van der Waals surface area contributed by atoms with E-state index in [2.05, 4.69) is 22.2 Å². The minimum Gasteiger partial charge on any atom is -0.419 e. The average molecular weight is 432 g/mol. The van der Waals surface area contributed by atoms with Crippen LogP contribution in [-0.2, 0) is 23.1 Å². The maximum Gasteiger partial charge on any atom is 0.247 e. The van der Waals surface area contributed by atoms with Gasteiger partial charge in [0.1, 0.15) is 4.90 Å². The Morgan fingerprint density at radius 2 is 1.80 bits per heavy atom. The van der Waals surface area contributed by atoms with E-state index < -0.39 is 10.0 Å². The first-order valence-electron chi connectivity index (χ1n) is 10.3. The van der Waals surface area contributed by atoms with Crippen LogP contribution < -0.4 is 0 Å². The van der Waals surface area contributed by atoms with Gasteiger partial charge in [-0.05, 0) is 39.3 Å². The van der Waals surface area contributed by atoms with E-state index >= 15 is 0 Å². The van der Waals surface area contributed by atoms with E-state index in [-0.39, 0.29) is 17.3 Å². The van der Waals surface area contributed by atoms with Crippen molar-refractivity contribution in [2.24, 2.45) is 0 Å². The van der Waals surface area contributed by atoms with Crippen molar-refractivity contribution < 1.29 is 12.8 Å². The van der Waals surface area contributed by atoms with E-state index in [9.17, 15) is 8.42 Å². The van der Waals surface area contributed by atoms with Crippen molar-refractivity contribution in [3.05, 3.63) is 47.6 Å². The van der Waals surface area contributed by atoms with Gasteiger partial charge in [0.05, 0.1) is 17.9 Å². The molecule has 0 saturated carbocycles. The van der Waals surface area contributed by atoms with Gasteiger partial charge in [-0.3, -0.25) is 4.68 Å². The van der Waals surface area contributed by atoms with E-state index in [0.717, 1.165) is 24.8 Å². The fourth-order valence-electron chi connectivity index (χ4n) is 3.48. The highest BCUT2D eigenvalue weighted by atomic mass is 32.2. The number of hydrogen-bond donors (Lipinski definition) is 0. The summed E-state index contributed by atoms with van der Waals surface area (Å²) in [5.74, 6) is 0.648. The van der Waals surface area contributed by atoms with E-state index in [1.54, 1.807) is 18.5 Å². The van der Waals surface area contributed by atoms with Crippen molar-refractivity contribution in [3.63, 3.8) is 0 Å². The third-order valence-corrected chi connectivity index (χ3v) is 7.12. The molecule has 0 saturated heterocycles. The summed E-state index contributed by atoms with van der Waals surface area (Å²) in [4.78, 5) is 0.267. The van der Waals surface area contributed by atoms with Crippen LogP contribution in [0.4, 0.5) is 0 Å². The molecule has 162 valence electrons. The first-order chi connectivity index (χ1) is 14.4. The molecule has 0 unspecified atom stereocenters. The molecule has 2 aromatic heterocycles. The van der Waals surface area contributed by atoms with Crippen molar-refractivity contribution in [2.75, 3.05) is 6.54 Å². The zero-order valence-electron chi connectivity index (χ0n) is 18.0. The summed E-state index contributed by atoms with van der Waals surface area (Å²) in [5.41, 5.74) is 1.95. The minimum atomic E-state index is -3.76. The summed E-state index contributed by atoms with van der Waals surface area (Å²) in [5, 5.41) is 12.6. The smallest absolute Gasteiger partial charge is 0.247 e. The Balaban J connectivity index is 1.91. The van der Waals surface area contributed by atoms with Crippen LogP contribution in [0.25, 0.3) is 11.5 Å². The second-order valence-corrected chi connectivity index (χ2v) is 9.10. The fraction of sp³-hybridized carbons (Fsp3) is 0.476. The average Bonchev–Trinajstić information content (AvgIpc) is 3.32. The summed E-state index contributed by atoms with van der Waals surface area (Å²) in [6.07, 6.45) is 2.70. The largest absolute Gasteiger partial charge is 0.419 e. The van der Waals surface area contributed by atoms with Crippen molar-refractivity contribution in [2.45, 2.75) is 64.9 Å².